The van der Waals surface area contributed by atoms with Gasteiger partial charge in [0.15, 0.2) is 5.67 Å². The molecule has 0 bridgehead atoms. The topological polar surface area (TPSA) is 212 Å². The van der Waals surface area contributed by atoms with E-state index in [2.05, 4.69) is 42.3 Å². The molecule has 9 rings (SSSR count). The van der Waals surface area contributed by atoms with Crippen molar-refractivity contribution in [2.45, 2.75) is 126 Å². The molecule has 4 saturated heterocycles. The Morgan fingerprint density at radius 1 is 1.00 bits per heavy atom. The molecule has 1 aliphatic carbocycles. The van der Waals surface area contributed by atoms with Crippen molar-refractivity contribution in [1.82, 2.24) is 40.4 Å². The number of hydrogen-bond acceptors (Lipinski definition) is 15. The summed E-state index contributed by atoms with van der Waals surface area (Å²) >= 11 is 9.91. The van der Waals surface area contributed by atoms with E-state index in [1.54, 1.807) is 38.7 Å². The highest BCUT2D eigenvalue weighted by Gasteiger charge is 2.53. The third-order valence-electron chi connectivity index (χ3n) is 15.6. The van der Waals surface area contributed by atoms with Crippen LogP contribution in [-0.2, 0) is 25.7 Å². The van der Waals surface area contributed by atoms with Gasteiger partial charge in [0.1, 0.15) is 34.5 Å². The second-order valence-electron chi connectivity index (χ2n) is 22.2. The first-order chi connectivity index (χ1) is 35.3. The van der Waals surface area contributed by atoms with Gasteiger partial charge in [-0.25, -0.2) is 24.3 Å². The van der Waals surface area contributed by atoms with Crippen molar-refractivity contribution in [1.29, 1.82) is 0 Å². The average Bonchev–Trinajstić information content (AvgIpc) is 3.78. The number of hydrogen-bond donors (Lipinski definition) is 4. The number of rotatable bonds is 17. The first-order valence-corrected chi connectivity index (χ1v) is 27.9. The SMILES string of the molecule is Cc1ncsc1-c1ccc(CNC(=O)[C@@H]2C[C@@H](O)CN2C(=O)[C@@H](NC(=O)C2(F)CC2)C(C)(C)C)c(OCCC2CCN(C(=O)C3CN(c4nccc(Sc5cnc(N6CCC(C)(CN)CC6)cn5)c4Cl)C3)CC2)c1. The summed E-state index contributed by atoms with van der Waals surface area (Å²) in [7, 11) is 0. The molecule has 4 aliphatic heterocycles. The number of anilines is 2. The summed E-state index contributed by atoms with van der Waals surface area (Å²) in [5, 5.41) is 17.5. The van der Waals surface area contributed by atoms with Crippen LogP contribution in [0.25, 0.3) is 10.4 Å². The molecule has 3 aromatic heterocycles. The fourth-order valence-corrected chi connectivity index (χ4v) is 12.1. The van der Waals surface area contributed by atoms with Gasteiger partial charge in [-0.05, 0) is 92.9 Å². The monoisotopic (exact) mass is 1070 g/mol. The summed E-state index contributed by atoms with van der Waals surface area (Å²) in [6.07, 6.45) is 9.17. The predicted molar refractivity (Wildman–Crippen MR) is 284 cm³/mol. The molecule has 5 N–H and O–H groups in total. The van der Waals surface area contributed by atoms with E-state index < -0.39 is 47.0 Å². The van der Waals surface area contributed by atoms with Gasteiger partial charge in [0.05, 0.1) is 52.1 Å². The zero-order chi connectivity index (χ0) is 52.5. The number of ether oxygens (including phenoxy) is 1. The number of β-amino-alcohol motifs (C(OH)–C–C–N with tert-alkyl or cyclic N) is 1. The van der Waals surface area contributed by atoms with Crippen LogP contribution in [-0.4, -0.2) is 141 Å². The Balaban J connectivity index is 0.753. The lowest BCUT2D eigenvalue weighted by molar-refractivity contribution is -0.145. The van der Waals surface area contributed by atoms with Crippen LogP contribution in [0.1, 0.15) is 90.3 Å². The second kappa shape index (κ2) is 22.2. The summed E-state index contributed by atoms with van der Waals surface area (Å²) in [5.41, 5.74) is 7.78. The molecule has 1 saturated carbocycles. The first kappa shape index (κ1) is 53.7. The van der Waals surface area contributed by atoms with Gasteiger partial charge in [-0.2, -0.15) is 0 Å². The average molecular weight is 1070 g/mol. The zero-order valence-corrected chi connectivity index (χ0v) is 45.3. The quantitative estimate of drug-likeness (QED) is 0.0899. The van der Waals surface area contributed by atoms with Gasteiger partial charge in [-0.1, -0.05) is 63.2 Å². The molecule has 3 atom stereocenters. The number of aromatic nitrogens is 4. The number of alkyl halides is 1. The van der Waals surface area contributed by atoms with E-state index >= 15 is 0 Å². The van der Waals surface area contributed by atoms with Crippen molar-refractivity contribution >= 4 is 70.0 Å². The zero-order valence-electron chi connectivity index (χ0n) is 42.9. The van der Waals surface area contributed by atoms with E-state index in [0.29, 0.717) is 61.8 Å². The highest BCUT2D eigenvalue weighted by atomic mass is 35.5. The first-order valence-electron chi connectivity index (χ1n) is 25.9. The van der Waals surface area contributed by atoms with Gasteiger partial charge < -0.3 is 45.8 Å². The number of amides is 4. The highest BCUT2D eigenvalue weighted by molar-refractivity contribution is 7.99. The molecule has 0 spiro atoms. The minimum atomic E-state index is -1.98. The number of halogens is 2. The maximum atomic E-state index is 14.7. The minimum absolute atomic E-state index is 0.0231. The van der Waals surface area contributed by atoms with Crippen molar-refractivity contribution in [3.8, 4) is 16.2 Å². The van der Waals surface area contributed by atoms with Crippen LogP contribution in [0, 0.1) is 29.6 Å². The molecule has 1 aromatic carbocycles. The minimum Gasteiger partial charge on any atom is -0.493 e. The molecule has 7 heterocycles. The molecule has 21 heteroatoms. The fourth-order valence-electron chi connectivity index (χ4n) is 10.2. The largest absolute Gasteiger partial charge is 0.493 e. The Morgan fingerprint density at radius 2 is 1.74 bits per heavy atom. The van der Waals surface area contributed by atoms with Crippen LogP contribution < -0.4 is 30.9 Å². The number of nitrogens with two attached hydrogens (primary N) is 1. The van der Waals surface area contributed by atoms with Gasteiger partial charge >= 0.3 is 0 Å². The second-order valence-corrected chi connectivity index (χ2v) is 24.5. The lowest BCUT2D eigenvalue weighted by Gasteiger charge is -2.43. The van der Waals surface area contributed by atoms with Crippen molar-refractivity contribution in [3.05, 3.63) is 64.6 Å². The molecule has 17 nitrogen and oxygen atoms in total. The molecule has 74 heavy (non-hydrogen) atoms. The van der Waals surface area contributed by atoms with Crippen LogP contribution in [0.4, 0.5) is 16.0 Å². The van der Waals surface area contributed by atoms with E-state index in [4.69, 9.17) is 27.1 Å². The van der Waals surface area contributed by atoms with Gasteiger partial charge in [0, 0.05) is 75.4 Å². The van der Waals surface area contributed by atoms with Crippen LogP contribution in [0.15, 0.2) is 58.3 Å². The van der Waals surface area contributed by atoms with Crippen LogP contribution in [0.2, 0.25) is 5.02 Å². The maximum absolute atomic E-state index is 14.7. The lowest BCUT2D eigenvalue weighted by Crippen LogP contribution is -2.59. The summed E-state index contributed by atoms with van der Waals surface area (Å²) in [6, 6.07) is 5.64. The number of benzene rings is 1. The van der Waals surface area contributed by atoms with Crippen molar-refractivity contribution in [2.75, 3.05) is 68.8 Å². The third-order valence-corrected chi connectivity index (χ3v) is 18.0. The summed E-state index contributed by atoms with van der Waals surface area (Å²) < 4.78 is 21.2. The van der Waals surface area contributed by atoms with Gasteiger partial charge in [-0.15, -0.1) is 11.3 Å². The predicted octanol–water partition coefficient (Wildman–Crippen LogP) is 6.43. The molecular formula is C53H69ClFN11O6S2. The van der Waals surface area contributed by atoms with E-state index in [1.807, 2.05) is 42.3 Å². The standard InChI is InChI=1S/C53H69ClFN11O6S2/c1-32-44(73-31-61-32)34-6-7-35(24-60-47(68)38-23-37(67)29-66(38)49(70)45(51(2,3)4)62-50(71)53(55)12-13-53)39(22-34)72-21-11-33-9-17-64(18-10-33)48(69)36-27-65(28-36)46-43(54)40(8-16-57-46)74-42-26-58-41(25-59-42)63-19-14-52(5,30-56)15-20-63/h6-8,16,22,25-26,31,33,36-38,45,67H,9-15,17-21,23-24,27-30,56H2,1-5H3,(H,60,68)(H,62,71)/t37-,38+,45-/m1/s1. The normalized spacial score (nSPS) is 21.3. The van der Waals surface area contributed by atoms with E-state index in [-0.39, 0.29) is 49.6 Å². The molecule has 5 fully saturated rings. The smallest absolute Gasteiger partial charge is 0.258 e. The number of aliphatic hydroxyl groups is 1. The Bertz CT molecular complexity index is 2680. The summed E-state index contributed by atoms with van der Waals surface area (Å²) in [6.45, 7) is 14.9. The Kier molecular flexibility index (Phi) is 16.1. The van der Waals surface area contributed by atoms with Crippen molar-refractivity contribution in [3.63, 3.8) is 0 Å². The fraction of sp³-hybridized carbons (Fsp3) is 0.585. The summed E-state index contributed by atoms with van der Waals surface area (Å²) in [5.74, 6) is 0.672. The Hall–Kier alpha value is -5.15. The number of piperidine rings is 2. The van der Waals surface area contributed by atoms with E-state index in [0.717, 1.165) is 82.6 Å². The Morgan fingerprint density at radius 3 is 2.39 bits per heavy atom. The number of likely N-dealkylation sites (tertiary alicyclic amines) is 2. The molecule has 4 aromatic rings. The summed E-state index contributed by atoms with van der Waals surface area (Å²) in [4.78, 5) is 82.2. The molecule has 398 valence electrons. The molecule has 0 unspecified atom stereocenters. The number of carbonyl (C=O) groups is 4. The van der Waals surface area contributed by atoms with Crippen molar-refractivity contribution < 1.29 is 33.4 Å². The van der Waals surface area contributed by atoms with Gasteiger partial charge in [0.2, 0.25) is 17.7 Å². The van der Waals surface area contributed by atoms with E-state index in [9.17, 15) is 28.7 Å². The molecular weight excluding hydrogens is 1010 g/mol. The number of thiazole rings is 1. The number of nitrogens with zero attached hydrogens (tertiary/aromatic N) is 8. The van der Waals surface area contributed by atoms with E-state index in [1.165, 1.54) is 28.0 Å². The maximum Gasteiger partial charge on any atom is 0.258 e. The Labute approximate surface area is 445 Å². The van der Waals surface area contributed by atoms with Crippen molar-refractivity contribution in [2.24, 2.45) is 28.4 Å². The van der Waals surface area contributed by atoms with Crippen LogP contribution in [0.5, 0.6) is 5.75 Å². The number of aliphatic hydroxyl groups excluding tert-OH is 1. The van der Waals surface area contributed by atoms with Gasteiger partial charge in [0.25, 0.3) is 5.91 Å². The molecule has 5 aliphatic rings. The van der Waals surface area contributed by atoms with Gasteiger partial charge in [-0.3, -0.25) is 19.2 Å². The lowest BCUT2D eigenvalue weighted by atomic mass is 9.80. The van der Waals surface area contributed by atoms with Crippen LogP contribution >= 0.6 is 34.7 Å². The molecule has 4 amide bonds. The van der Waals surface area contributed by atoms with Crippen LogP contribution in [0.3, 0.4) is 0 Å². The highest BCUT2D eigenvalue weighted by Crippen LogP contribution is 2.42. The number of aryl methyl sites for hydroxylation is 1. The number of nitrogens with one attached hydrogen (secondary N) is 2. The number of pyridine rings is 1. The molecule has 0 radical (unpaired) electrons. The number of carbonyl (C=O) groups excluding carboxylic acids is 4. The third kappa shape index (κ3) is 12.1.